The Bertz CT molecular complexity index is 1140. The van der Waals surface area contributed by atoms with Crippen molar-refractivity contribution in [1.82, 2.24) is 4.98 Å². The van der Waals surface area contributed by atoms with Crippen molar-refractivity contribution in [2.24, 2.45) is 0 Å². The summed E-state index contributed by atoms with van der Waals surface area (Å²) in [6.45, 7) is 0.536. The standard InChI is InChI=1S/C22H17F3N2O4S/c1-30-20(29)14-6-4-13(5-7-14)18-19(27-12-2-3-17(27)28)32-21(26-18)31-16-10-8-15(9-11-16)22(23,24)25/h4-11H,2-3,12H2,1H3. The summed E-state index contributed by atoms with van der Waals surface area (Å²) in [7, 11) is 1.29. The van der Waals surface area contributed by atoms with Crippen LogP contribution in [-0.4, -0.2) is 30.5 Å². The zero-order chi connectivity index (χ0) is 22.9. The van der Waals surface area contributed by atoms with E-state index in [1.165, 1.54) is 19.2 Å². The van der Waals surface area contributed by atoms with Crippen LogP contribution >= 0.6 is 11.3 Å². The molecule has 166 valence electrons. The van der Waals surface area contributed by atoms with Crippen molar-refractivity contribution in [2.75, 3.05) is 18.6 Å². The van der Waals surface area contributed by atoms with Gasteiger partial charge in [0.25, 0.3) is 5.19 Å². The number of carbonyl (C=O) groups is 2. The third-order valence-electron chi connectivity index (χ3n) is 4.87. The quantitative estimate of drug-likeness (QED) is 0.466. The largest absolute Gasteiger partial charge is 0.465 e. The Labute approximate surface area is 185 Å². The van der Waals surface area contributed by atoms with Gasteiger partial charge in [-0.15, -0.1) is 0 Å². The molecule has 1 amide bonds. The highest BCUT2D eigenvalue weighted by atomic mass is 32.1. The number of thiazole rings is 1. The van der Waals surface area contributed by atoms with E-state index in [4.69, 9.17) is 9.47 Å². The van der Waals surface area contributed by atoms with Gasteiger partial charge in [-0.05, 0) is 42.8 Å². The summed E-state index contributed by atoms with van der Waals surface area (Å²) < 4.78 is 48.7. The molecule has 1 aliphatic heterocycles. The Kier molecular flexibility index (Phi) is 5.88. The molecular formula is C22H17F3N2O4S. The fourth-order valence-corrected chi connectivity index (χ4v) is 4.27. The predicted molar refractivity (Wildman–Crippen MR) is 112 cm³/mol. The minimum absolute atomic E-state index is 0.0397. The SMILES string of the molecule is COC(=O)c1ccc(-c2nc(Oc3ccc(C(F)(F)F)cc3)sc2N2CCCC2=O)cc1. The molecule has 6 nitrogen and oxygen atoms in total. The normalized spacial score (nSPS) is 14.0. The van der Waals surface area contributed by atoms with Crippen LogP contribution in [0.25, 0.3) is 11.3 Å². The molecule has 2 heterocycles. The summed E-state index contributed by atoms with van der Waals surface area (Å²) in [6, 6.07) is 10.9. The average molecular weight is 462 g/mol. The zero-order valence-electron chi connectivity index (χ0n) is 16.8. The van der Waals surface area contributed by atoms with Gasteiger partial charge in [0.2, 0.25) is 5.91 Å². The van der Waals surface area contributed by atoms with Gasteiger partial charge in [0.05, 0.1) is 18.2 Å². The van der Waals surface area contributed by atoms with Crippen molar-refractivity contribution in [3.8, 4) is 22.2 Å². The van der Waals surface area contributed by atoms with Crippen molar-refractivity contribution in [1.29, 1.82) is 0 Å². The Morgan fingerprint density at radius 3 is 2.34 bits per heavy atom. The highest BCUT2D eigenvalue weighted by Gasteiger charge is 2.31. The lowest BCUT2D eigenvalue weighted by molar-refractivity contribution is -0.137. The third kappa shape index (κ3) is 4.45. The van der Waals surface area contributed by atoms with E-state index in [9.17, 15) is 22.8 Å². The molecular weight excluding hydrogens is 445 g/mol. The first-order valence-corrected chi connectivity index (χ1v) is 10.4. The minimum atomic E-state index is -4.44. The molecule has 1 aromatic heterocycles. The van der Waals surface area contributed by atoms with Crippen molar-refractivity contribution in [3.63, 3.8) is 0 Å². The Morgan fingerprint density at radius 2 is 1.78 bits per heavy atom. The number of ether oxygens (including phenoxy) is 2. The van der Waals surface area contributed by atoms with E-state index in [1.54, 1.807) is 29.2 Å². The van der Waals surface area contributed by atoms with Gasteiger partial charge in [0.1, 0.15) is 16.4 Å². The van der Waals surface area contributed by atoms with Gasteiger partial charge in [0, 0.05) is 18.5 Å². The second-order valence-electron chi connectivity index (χ2n) is 6.98. The van der Waals surface area contributed by atoms with Crippen LogP contribution in [0.5, 0.6) is 10.9 Å². The number of aromatic nitrogens is 1. The number of hydrogen-bond acceptors (Lipinski definition) is 6. The molecule has 0 aliphatic carbocycles. The van der Waals surface area contributed by atoms with Crippen molar-refractivity contribution >= 4 is 28.2 Å². The number of methoxy groups -OCH3 is 1. The smallest absolute Gasteiger partial charge is 0.416 e. The predicted octanol–water partition coefficient (Wildman–Crippen LogP) is 5.53. The maximum Gasteiger partial charge on any atom is 0.416 e. The first-order chi connectivity index (χ1) is 15.3. The Balaban J connectivity index is 1.67. The molecule has 32 heavy (non-hydrogen) atoms. The minimum Gasteiger partial charge on any atom is -0.465 e. The first-order valence-electron chi connectivity index (χ1n) is 9.61. The number of benzene rings is 2. The second kappa shape index (κ2) is 8.62. The maximum absolute atomic E-state index is 12.8. The summed E-state index contributed by atoms with van der Waals surface area (Å²) in [5.41, 5.74) is 0.736. The van der Waals surface area contributed by atoms with E-state index in [0.717, 1.165) is 23.5 Å². The molecule has 1 aliphatic rings. The van der Waals surface area contributed by atoms with Crippen LogP contribution in [0.2, 0.25) is 0 Å². The Morgan fingerprint density at radius 1 is 1.09 bits per heavy atom. The molecule has 0 spiro atoms. The molecule has 0 unspecified atom stereocenters. The molecule has 2 aromatic carbocycles. The number of nitrogens with zero attached hydrogens (tertiary/aromatic N) is 2. The van der Waals surface area contributed by atoms with Gasteiger partial charge >= 0.3 is 12.1 Å². The number of halogens is 3. The number of rotatable bonds is 5. The van der Waals surface area contributed by atoms with Gasteiger partial charge in [0.15, 0.2) is 0 Å². The van der Waals surface area contributed by atoms with Gasteiger partial charge in [-0.25, -0.2) is 9.78 Å². The fourth-order valence-electron chi connectivity index (χ4n) is 3.27. The maximum atomic E-state index is 12.8. The van der Waals surface area contributed by atoms with Crippen LogP contribution < -0.4 is 9.64 Å². The summed E-state index contributed by atoms with van der Waals surface area (Å²) in [5, 5.41) is 0.770. The van der Waals surface area contributed by atoms with Gasteiger partial charge in [-0.2, -0.15) is 13.2 Å². The molecule has 0 atom stereocenters. The molecule has 1 fully saturated rings. The number of esters is 1. The number of amides is 1. The van der Waals surface area contributed by atoms with Gasteiger partial charge in [-0.1, -0.05) is 23.5 Å². The topological polar surface area (TPSA) is 68.7 Å². The van der Waals surface area contributed by atoms with E-state index in [1.807, 2.05) is 0 Å². The van der Waals surface area contributed by atoms with Crippen LogP contribution in [0, 0.1) is 0 Å². The number of alkyl halides is 3. The highest BCUT2D eigenvalue weighted by molar-refractivity contribution is 7.18. The fraction of sp³-hybridized carbons (Fsp3) is 0.227. The van der Waals surface area contributed by atoms with Crippen LogP contribution in [0.3, 0.4) is 0 Å². The first kappa shape index (κ1) is 21.8. The lowest BCUT2D eigenvalue weighted by Crippen LogP contribution is -2.23. The monoisotopic (exact) mass is 462 g/mol. The molecule has 3 aromatic rings. The van der Waals surface area contributed by atoms with Crippen LogP contribution in [0.15, 0.2) is 48.5 Å². The van der Waals surface area contributed by atoms with E-state index in [0.29, 0.717) is 41.2 Å². The number of carbonyl (C=O) groups excluding carboxylic acids is 2. The summed E-state index contributed by atoms with van der Waals surface area (Å²) in [6.07, 6.45) is -3.30. The summed E-state index contributed by atoms with van der Waals surface area (Å²) >= 11 is 1.13. The lowest BCUT2D eigenvalue weighted by atomic mass is 10.1. The zero-order valence-corrected chi connectivity index (χ0v) is 17.6. The second-order valence-corrected chi connectivity index (χ2v) is 7.92. The third-order valence-corrected chi connectivity index (χ3v) is 5.83. The molecule has 1 saturated heterocycles. The van der Waals surface area contributed by atoms with Gasteiger partial charge < -0.3 is 14.4 Å². The molecule has 10 heteroatoms. The van der Waals surface area contributed by atoms with Crippen LogP contribution in [0.1, 0.15) is 28.8 Å². The van der Waals surface area contributed by atoms with Crippen molar-refractivity contribution in [3.05, 3.63) is 59.7 Å². The molecule has 0 saturated carbocycles. The number of hydrogen-bond donors (Lipinski definition) is 0. The van der Waals surface area contributed by atoms with E-state index in [-0.39, 0.29) is 16.9 Å². The summed E-state index contributed by atoms with van der Waals surface area (Å²) in [5.74, 6) is -0.322. The average Bonchev–Trinajstić information content (AvgIpc) is 3.38. The molecule has 4 rings (SSSR count). The summed E-state index contributed by atoms with van der Waals surface area (Å²) in [4.78, 5) is 30.1. The van der Waals surface area contributed by atoms with Crippen molar-refractivity contribution in [2.45, 2.75) is 19.0 Å². The molecule has 0 bridgehead atoms. The highest BCUT2D eigenvalue weighted by Crippen LogP contribution is 2.43. The van der Waals surface area contributed by atoms with Gasteiger partial charge in [-0.3, -0.25) is 4.79 Å². The van der Waals surface area contributed by atoms with Crippen molar-refractivity contribution < 1.29 is 32.2 Å². The van der Waals surface area contributed by atoms with E-state index in [2.05, 4.69) is 4.98 Å². The number of anilines is 1. The van der Waals surface area contributed by atoms with Crippen LogP contribution in [0.4, 0.5) is 18.2 Å². The lowest BCUT2D eigenvalue weighted by Gasteiger charge is -2.14. The van der Waals surface area contributed by atoms with E-state index < -0.39 is 17.7 Å². The van der Waals surface area contributed by atoms with Crippen LogP contribution in [-0.2, 0) is 15.7 Å². The Hall–Kier alpha value is -3.40. The molecule has 0 N–H and O–H groups in total. The van der Waals surface area contributed by atoms with E-state index >= 15 is 0 Å². The molecule has 0 radical (unpaired) electrons.